The SMILES string of the molecule is CN(C(=O)C1CCSC1)C1CCNCC1. The Balaban J connectivity index is 1.87. The normalized spacial score (nSPS) is 27.9. The van der Waals surface area contributed by atoms with Crippen molar-refractivity contribution in [1.82, 2.24) is 10.2 Å². The van der Waals surface area contributed by atoms with E-state index in [1.54, 1.807) is 0 Å². The van der Waals surface area contributed by atoms with Crippen molar-refractivity contribution < 1.29 is 4.79 Å². The van der Waals surface area contributed by atoms with Crippen LogP contribution in [0, 0.1) is 5.92 Å². The van der Waals surface area contributed by atoms with Gasteiger partial charge in [0.2, 0.25) is 5.91 Å². The number of rotatable bonds is 2. The number of thioether (sulfide) groups is 1. The third-order valence-corrected chi connectivity index (χ3v) is 4.65. The van der Waals surface area contributed by atoms with Crippen molar-refractivity contribution in [2.75, 3.05) is 31.6 Å². The first-order chi connectivity index (χ1) is 7.29. The summed E-state index contributed by atoms with van der Waals surface area (Å²) < 4.78 is 0. The van der Waals surface area contributed by atoms with Crippen molar-refractivity contribution in [2.45, 2.75) is 25.3 Å². The van der Waals surface area contributed by atoms with Gasteiger partial charge >= 0.3 is 0 Å². The van der Waals surface area contributed by atoms with Crippen LogP contribution in [0.3, 0.4) is 0 Å². The molecule has 15 heavy (non-hydrogen) atoms. The van der Waals surface area contributed by atoms with Gasteiger partial charge in [-0.15, -0.1) is 0 Å². The van der Waals surface area contributed by atoms with Crippen LogP contribution in [0.15, 0.2) is 0 Å². The topological polar surface area (TPSA) is 32.3 Å². The molecule has 0 aromatic carbocycles. The van der Waals surface area contributed by atoms with E-state index in [1.165, 1.54) is 0 Å². The Bertz CT molecular complexity index is 223. The minimum absolute atomic E-state index is 0.301. The Morgan fingerprint density at radius 3 is 2.67 bits per heavy atom. The van der Waals surface area contributed by atoms with Crippen molar-refractivity contribution in [3.05, 3.63) is 0 Å². The first-order valence-electron chi connectivity index (χ1n) is 5.84. The Hall–Kier alpha value is -0.220. The van der Waals surface area contributed by atoms with Gasteiger partial charge in [-0.1, -0.05) is 0 Å². The maximum absolute atomic E-state index is 12.1. The van der Waals surface area contributed by atoms with Crippen molar-refractivity contribution >= 4 is 17.7 Å². The van der Waals surface area contributed by atoms with E-state index in [0.29, 0.717) is 17.9 Å². The van der Waals surface area contributed by atoms with Crippen LogP contribution in [-0.2, 0) is 4.79 Å². The average molecular weight is 228 g/mol. The van der Waals surface area contributed by atoms with Crippen LogP contribution in [-0.4, -0.2) is 48.5 Å². The third-order valence-electron chi connectivity index (χ3n) is 3.48. The number of amides is 1. The van der Waals surface area contributed by atoms with Crippen LogP contribution < -0.4 is 5.32 Å². The van der Waals surface area contributed by atoms with E-state index in [1.807, 2.05) is 23.7 Å². The molecule has 1 N–H and O–H groups in total. The molecule has 1 unspecified atom stereocenters. The van der Waals surface area contributed by atoms with E-state index >= 15 is 0 Å². The van der Waals surface area contributed by atoms with Gasteiger partial charge in [0.05, 0.1) is 0 Å². The van der Waals surface area contributed by atoms with Gasteiger partial charge < -0.3 is 10.2 Å². The molecule has 0 saturated carbocycles. The molecule has 86 valence electrons. The summed E-state index contributed by atoms with van der Waals surface area (Å²) in [6, 6.07) is 0.476. The second-order valence-electron chi connectivity index (χ2n) is 4.49. The van der Waals surface area contributed by atoms with Gasteiger partial charge in [0, 0.05) is 24.8 Å². The predicted octanol–water partition coefficient (Wildman–Crippen LogP) is 0.950. The summed E-state index contributed by atoms with van der Waals surface area (Å²) in [5, 5.41) is 3.34. The fourth-order valence-corrected chi connectivity index (χ4v) is 3.60. The van der Waals surface area contributed by atoms with Gasteiger partial charge in [0.25, 0.3) is 0 Å². The molecule has 2 aliphatic rings. The number of nitrogens with zero attached hydrogens (tertiary/aromatic N) is 1. The van der Waals surface area contributed by atoms with Crippen LogP contribution in [0.4, 0.5) is 0 Å². The maximum atomic E-state index is 12.1. The number of carbonyl (C=O) groups excluding carboxylic acids is 1. The summed E-state index contributed by atoms with van der Waals surface area (Å²) in [4.78, 5) is 14.1. The van der Waals surface area contributed by atoms with Crippen molar-refractivity contribution in [3.63, 3.8) is 0 Å². The van der Waals surface area contributed by atoms with Gasteiger partial charge in [-0.25, -0.2) is 0 Å². The monoisotopic (exact) mass is 228 g/mol. The summed E-state index contributed by atoms with van der Waals surface area (Å²) in [6.45, 7) is 2.11. The lowest BCUT2D eigenvalue weighted by Gasteiger charge is -2.33. The third kappa shape index (κ3) is 2.67. The lowest BCUT2D eigenvalue weighted by atomic mass is 10.0. The molecule has 2 saturated heterocycles. The molecule has 2 fully saturated rings. The number of carbonyl (C=O) groups is 1. The van der Waals surface area contributed by atoms with E-state index in [9.17, 15) is 4.79 Å². The highest BCUT2D eigenvalue weighted by Crippen LogP contribution is 2.26. The molecule has 2 heterocycles. The highest BCUT2D eigenvalue weighted by molar-refractivity contribution is 7.99. The lowest BCUT2D eigenvalue weighted by molar-refractivity contribution is -0.135. The number of piperidine rings is 1. The zero-order chi connectivity index (χ0) is 10.7. The molecule has 0 aromatic rings. The molecule has 1 atom stereocenters. The van der Waals surface area contributed by atoms with Crippen molar-refractivity contribution in [2.24, 2.45) is 5.92 Å². The zero-order valence-electron chi connectivity index (χ0n) is 9.37. The summed E-state index contributed by atoms with van der Waals surface area (Å²) in [6.07, 6.45) is 3.31. The molecule has 2 aliphatic heterocycles. The zero-order valence-corrected chi connectivity index (χ0v) is 10.2. The predicted molar refractivity (Wildman–Crippen MR) is 64.1 cm³/mol. The first kappa shape index (κ1) is 11.3. The van der Waals surface area contributed by atoms with Gasteiger partial charge in [-0.3, -0.25) is 4.79 Å². The van der Waals surface area contributed by atoms with Crippen LogP contribution in [0.1, 0.15) is 19.3 Å². The van der Waals surface area contributed by atoms with Gasteiger partial charge in [-0.2, -0.15) is 11.8 Å². The van der Waals surface area contributed by atoms with Crippen LogP contribution in [0.25, 0.3) is 0 Å². The molecule has 0 aromatic heterocycles. The highest BCUT2D eigenvalue weighted by Gasteiger charge is 2.29. The molecular weight excluding hydrogens is 208 g/mol. The molecule has 4 heteroatoms. The van der Waals surface area contributed by atoms with E-state index in [0.717, 1.165) is 43.9 Å². The summed E-state index contributed by atoms with van der Waals surface area (Å²) in [7, 11) is 1.99. The molecule has 0 aliphatic carbocycles. The molecule has 0 radical (unpaired) electrons. The first-order valence-corrected chi connectivity index (χ1v) is 6.99. The Labute approximate surface area is 96.0 Å². The van der Waals surface area contributed by atoms with Crippen molar-refractivity contribution in [3.8, 4) is 0 Å². The van der Waals surface area contributed by atoms with E-state index in [4.69, 9.17) is 0 Å². The largest absolute Gasteiger partial charge is 0.342 e. The van der Waals surface area contributed by atoms with E-state index in [-0.39, 0.29) is 0 Å². The Morgan fingerprint density at radius 1 is 1.33 bits per heavy atom. The molecule has 0 bridgehead atoms. The van der Waals surface area contributed by atoms with E-state index < -0.39 is 0 Å². The second kappa shape index (κ2) is 5.21. The van der Waals surface area contributed by atoms with Gasteiger partial charge in [-0.05, 0) is 38.1 Å². The lowest BCUT2D eigenvalue weighted by Crippen LogP contribution is -2.46. The van der Waals surface area contributed by atoms with E-state index in [2.05, 4.69) is 5.32 Å². The molecule has 1 amide bonds. The minimum atomic E-state index is 0.301. The summed E-state index contributed by atoms with van der Waals surface area (Å²) in [5.74, 6) is 2.88. The standard InChI is InChI=1S/C11H20N2OS/c1-13(10-2-5-12-6-3-10)11(14)9-4-7-15-8-9/h9-10,12H,2-8H2,1H3. The van der Waals surface area contributed by atoms with Gasteiger partial charge in [0.15, 0.2) is 0 Å². The van der Waals surface area contributed by atoms with Crippen molar-refractivity contribution in [1.29, 1.82) is 0 Å². The number of nitrogens with one attached hydrogen (secondary N) is 1. The molecule has 0 spiro atoms. The fourth-order valence-electron chi connectivity index (χ4n) is 2.39. The second-order valence-corrected chi connectivity index (χ2v) is 5.64. The smallest absolute Gasteiger partial charge is 0.226 e. The van der Waals surface area contributed by atoms with Crippen LogP contribution >= 0.6 is 11.8 Å². The van der Waals surface area contributed by atoms with Gasteiger partial charge in [0.1, 0.15) is 0 Å². The highest BCUT2D eigenvalue weighted by atomic mass is 32.2. The molecular formula is C11H20N2OS. The van der Waals surface area contributed by atoms with Crippen LogP contribution in [0.5, 0.6) is 0 Å². The fraction of sp³-hybridized carbons (Fsp3) is 0.909. The Kier molecular flexibility index (Phi) is 3.92. The maximum Gasteiger partial charge on any atom is 0.226 e. The summed E-state index contributed by atoms with van der Waals surface area (Å²) in [5.41, 5.74) is 0. The average Bonchev–Trinajstić information content (AvgIpc) is 2.82. The Morgan fingerprint density at radius 2 is 2.07 bits per heavy atom. The number of hydrogen-bond donors (Lipinski definition) is 1. The quantitative estimate of drug-likeness (QED) is 0.764. The molecule has 3 nitrogen and oxygen atoms in total. The minimum Gasteiger partial charge on any atom is -0.342 e. The number of hydrogen-bond acceptors (Lipinski definition) is 3. The van der Waals surface area contributed by atoms with Crippen LogP contribution in [0.2, 0.25) is 0 Å². The molecule has 2 rings (SSSR count). The summed E-state index contributed by atoms with van der Waals surface area (Å²) >= 11 is 1.91.